The lowest BCUT2D eigenvalue weighted by Gasteiger charge is -2.27. The number of carbonyl (C=O) groups is 1. The van der Waals surface area contributed by atoms with Crippen LogP contribution >= 0.6 is 0 Å². The van der Waals surface area contributed by atoms with E-state index in [0.717, 1.165) is 0 Å². The van der Waals surface area contributed by atoms with E-state index < -0.39 is 5.97 Å². The van der Waals surface area contributed by atoms with Gasteiger partial charge in [-0.3, -0.25) is 4.79 Å². The molecule has 0 atom stereocenters. The SMILES string of the molecule is O=C(O)C1CC2(C1)N=N2. The van der Waals surface area contributed by atoms with Gasteiger partial charge in [0.05, 0.1) is 5.92 Å². The van der Waals surface area contributed by atoms with Crippen LogP contribution in [0.1, 0.15) is 12.8 Å². The molecule has 1 spiro atoms. The highest BCUT2D eigenvalue weighted by atomic mass is 16.4. The standard InChI is InChI=1S/C5H6N2O2/c8-4(9)3-1-5(2-3)6-7-5/h3H,1-2H2,(H,8,9). The van der Waals surface area contributed by atoms with Gasteiger partial charge in [-0.2, -0.15) is 10.2 Å². The highest BCUT2D eigenvalue weighted by Crippen LogP contribution is 2.50. The maximum absolute atomic E-state index is 10.2. The Morgan fingerprint density at radius 3 is 2.44 bits per heavy atom. The van der Waals surface area contributed by atoms with Crippen molar-refractivity contribution >= 4 is 5.97 Å². The molecule has 0 saturated heterocycles. The summed E-state index contributed by atoms with van der Waals surface area (Å²) in [6, 6.07) is 0. The predicted molar refractivity (Wildman–Crippen MR) is 27.9 cm³/mol. The first-order valence-corrected chi connectivity index (χ1v) is 2.89. The molecule has 4 nitrogen and oxygen atoms in total. The van der Waals surface area contributed by atoms with Crippen LogP contribution in [0.25, 0.3) is 0 Å². The molecule has 1 aliphatic heterocycles. The first-order chi connectivity index (χ1) is 4.22. The zero-order valence-electron chi connectivity index (χ0n) is 4.74. The normalized spacial score (nSPS) is 28.0. The minimum absolute atomic E-state index is 0.181. The molecule has 4 heteroatoms. The molecule has 1 aliphatic carbocycles. The van der Waals surface area contributed by atoms with Crippen LogP contribution in [-0.2, 0) is 4.79 Å². The van der Waals surface area contributed by atoms with Crippen molar-refractivity contribution in [2.24, 2.45) is 16.1 Å². The molecule has 9 heavy (non-hydrogen) atoms. The van der Waals surface area contributed by atoms with Crippen molar-refractivity contribution in [1.82, 2.24) is 0 Å². The highest BCUT2D eigenvalue weighted by Gasteiger charge is 2.55. The molecule has 0 aromatic rings. The third-order valence-corrected chi connectivity index (χ3v) is 1.88. The van der Waals surface area contributed by atoms with Gasteiger partial charge in [-0.25, -0.2) is 0 Å². The second-order valence-electron chi connectivity index (χ2n) is 2.63. The summed E-state index contributed by atoms with van der Waals surface area (Å²) in [5, 5.41) is 15.9. The van der Waals surface area contributed by atoms with Gasteiger partial charge in [-0.05, 0) is 0 Å². The van der Waals surface area contributed by atoms with Crippen molar-refractivity contribution < 1.29 is 9.90 Å². The molecular formula is C5H6N2O2. The topological polar surface area (TPSA) is 62.0 Å². The molecule has 0 bridgehead atoms. The van der Waals surface area contributed by atoms with Crippen LogP contribution in [-0.4, -0.2) is 16.7 Å². The lowest BCUT2D eigenvalue weighted by molar-refractivity contribution is -0.145. The van der Waals surface area contributed by atoms with Crippen LogP contribution in [0.3, 0.4) is 0 Å². The predicted octanol–water partition coefficient (Wildman–Crippen LogP) is 0.643. The summed E-state index contributed by atoms with van der Waals surface area (Å²) in [5.41, 5.74) is -0.205. The number of carboxylic acids is 1. The van der Waals surface area contributed by atoms with Gasteiger partial charge in [0, 0.05) is 12.8 Å². The van der Waals surface area contributed by atoms with Gasteiger partial charge in [-0.15, -0.1) is 0 Å². The molecule has 48 valence electrons. The van der Waals surface area contributed by atoms with E-state index in [-0.39, 0.29) is 11.6 Å². The summed E-state index contributed by atoms with van der Waals surface area (Å²) in [6.07, 6.45) is 1.25. The zero-order chi connectivity index (χ0) is 6.48. The number of aliphatic carboxylic acids is 1. The number of nitrogens with zero attached hydrogens (tertiary/aromatic N) is 2. The van der Waals surface area contributed by atoms with Crippen molar-refractivity contribution in [3.63, 3.8) is 0 Å². The average Bonchev–Trinajstić information content (AvgIpc) is 2.35. The Balaban J connectivity index is 1.91. The molecule has 2 rings (SSSR count). The molecule has 0 unspecified atom stereocenters. The van der Waals surface area contributed by atoms with Crippen LogP contribution in [0.5, 0.6) is 0 Å². The molecule has 0 aromatic carbocycles. The Morgan fingerprint density at radius 2 is 2.11 bits per heavy atom. The number of hydrogen-bond acceptors (Lipinski definition) is 3. The summed E-state index contributed by atoms with van der Waals surface area (Å²) in [4.78, 5) is 10.2. The fourth-order valence-electron chi connectivity index (χ4n) is 1.14. The molecular weight excluding hydrogens is 120 g/mol. The largest absolute Gasteiger partial charge is 0.481 e. The quantitative estimate of drug-likeness (QED) is 0.560. The zero-order valence-corrected chi connectivity index (χ0v) is 4.74. The molecule has 0 aromatic heterocycles. The Kier molecular flexibility index (Phi) is 0.625. The first-order valence-electron chi connectivity index (χ1n) is 2.89. The van der Waals surface area contributed by atoms with E-state index in [1.54, 1.807) is 0 Å². The Morgan fingerprint density at radius 1 is 1.56 bits per heavy atom. The van der Waals surface area contributed by atoms with Crippen molar-refractivity contribution in [1.29, 1.82) is 0 Å². The van der Waals surface area contributed by atoms with Gasteiger partial charge < -0.3 is 5.11 Å². The number of rotatable bonds is 1. The second-order valence-corrected chi connectivity index (χ2v) is 2.63. The summed E-state index contributed by atoms with van der Waals surface area (Å²) in [6.45, 7) is 0. The first kappa shape index (κ1) is 4.90. The fourth-order valence-corrected chi connectivity index (χ4v) is 1.14. The van der Waals surface area contributed by atoms with Crippen LogP contribution in [0.4, 0.5) is 0 Å². The molecule has 1 N–H and O–H groups in total. The van der Waals surface area contributed by atoms with Crippen molar-refractivity contribution in [2.75, 3.05) is 0 Å². The average molecular weight is 126 g/mol. The van der Waals surface area contributed by atoms with Gasteiger partial charge in [0.15, 0.2) is 5.66 Å². The highest BCUT2D eigenvalue weighted by molar-refractivity contribution is 5.72. The van der Waals surface area contributed by atoms with Crippen molar-refractivity contribution in [3.8, 4) is 0 Å². The summed E-state index contributed by atoms with van der Waals surface area (Å²) >= 11 is 0. The second kappa shape index (κ2) is 1.15. The lowest BCUT2D eigenvalue weighted by atomic mass is 9.77. The minimum atomic E-state index is -0.710. The Labute approximate surface area is 51.6 Å². The molecule has 2 aliphatic rings. The monoisotopic (exact) mass is 126 g/mol. The number of hydrogen-bond donors (Lipinski definition) is 1. The third-order valence-electron chi connectivity index (χ3n) is 1.88. The summed E-state index contributed by atoms with van der Waals surface area (Å²) in [7, 11) is 0. The molecule has 1 saturated carbocycles. The van der Waals surface area contributed by atoms with E-state index in [2.05, 4.69) is 10.2 Å². The van der Waals surface area contributed by atoms with Crippen LogP contribution in [0, 0.1) is 5.92 Å². The smallest absolute Gasteiger partial charge is 0.306 e. The maximum Gasteiger partial charge on any atom is 0.306 e. The molecule has 0 amide bonds. The maximum atomic E-state index is 10.2. The lowest BCUT2D eigenvalue weighted by Crippen LogP contribution is -2.37. The van der Waals surface area contributed by atoms with Crippen LogP contribution in [0.15, 0.2) is 10.2 Å². The van der Waals surface area contributed by atoms with Gasteiger partial charge in [-0.1, -0.05) is 0 Å². The summed E-state index contributed by atoms with van der Waals surface area (Å²) < 4.78 is 0. The van der Waals surface area contributed by atoms with E-state index in [1.807, 2.05) is 0 Å². The van der Waals surface area contributed by atoms with Crippen molar-refractivity contribution in [2.45, 2.75) is 18.5 Å². The molecule has 1 heterocycles. The van der Waals surface area contributed by atoms with Crippen LogP contribution < -0.4 is 0 Å². The van der Waals surface area contributed by atoms with Crippen molar-refractivity contribution in [3.05, 3.63) is 0 Å². The summed E-state index contributed by atoms with van der Waals surface area (Å²) in [5.74, 6) is -0.891. The minimum Gasteiger partial charge on any atom is -0.481 e. The molecule has 1 fully saturated rings. The van der Waals surface area contributed by atoms with Gasteiger partial charge in [0.1, 0.15) is 0 Å². The molecule has 0 radical (unpaired) electrons. The van der Waals surface area contributed by atoms with E-state index in [1.165, 1.54) is 0 Å². The Hall–Kier alpha value is -0.930. The van der Waals surface area contributed by atoms with E-state index in [0.29, 0.717) is 12.8 Å². The number of carboxylic acid groups (broad SMARTS) is 1. The third kappa shape index (κ3) is 0.557. The fraction of sp³-hybridized carbons (Fsp3) is 0.800. The van der Waals surface area contributed by atoms with Gasteiger partial charge >= 0.3 is 5.97 Å². The van der Waals surface area contributed by atoms with Gasteiger partial charge in [0.25, 0.3) is 0 Å². The van der Waals surface area contributed by atoms with E-state index >= 15 is 0 Å². The van der Waals surface area contributed by atoms with Gasteiger partial charge in [0.2, 0.25) is 0 Å². The Bertz CT molecular complexity index is 185. The van der Waals surface area contributed by atoms with Crippen LogP contribution in [0.2, 0.25) is 0 Å². The van der Waals surface area contributed by atoms with E-state index in [9.17, 15) is 4.79 Å². The van der Waals surface area contributed by atoms with E-state index in [4.69, 9.17) is 5.11 Å².